The van der Waals surface area contributed by atoms with Crippen molar-refractivity contribution >= 4 is 0 Å². The second kappa shape index (κ2) is 4.56. The molecule has 0 bridgehead atoms. The number of nitrogens with zero attached hydrogens (tertiary/aromatic N) is 6. The zero-order valence-corrected chi connectivity index (χ0v) is 8.11. The first-order valence-electron chi connectivity index (χ1n) is 4.65. The van der Waals surface area contributed by atoms with Crippen molar-refractivity contribution in [2.24, 2.45) is 5.73 Å². The monoisotopic (exact) mass is 205 g/mol. The molecule has 7 nitrogen and oxygen atoms in total. The third-order valence-electron chi connectivity index (χ3n) is 1.87. The highest BCUT2D eigenvalue weighted by Crippen LogP contribution is 2.08. The molecule has 0 aliphatic carbocycles. The lowest BCUT2D eigenvalue weighted by molar-refractivity contribution is 0.567. The summed E-state index contributed by atoms with van der Waals surface area (Å²) in [5, 5.41) is 11.3. The summed E-state index contributed by atoms with van der Waals surface area (Å²) in [4.78, 5) is 8.17. The maximum absolute atomic E-state index is 5.42. The third kappa shape index (κ3) is 2.13. The van der Waals surface area contributed by atoms with Gasteiger partial charge in [0.1, 0.15) is 0 Å². The average molecular weight is 205 g/mol. The number of hydrogen-bond acceptors (Lipinski definition) is 6. The Morgan fingerprint density at radius 1 is 1.27 bits per heavy atom. The standard InChI is InChI=1S/C8H11N7/c9-3-1-6-15-8(12-13-14-15)7-10-4-2-5-11-7/h2,4-5H,1,3,6,9H2. The van der Waals surface area contributed by atoms with Crippen LogP contribution in [-0.2, 0) is 6.54 Å². The van der Waals surface area contributed by atoms with E-state index in [1.165, 1.54) is 0 Å². The van der Waals surface area contributed by atoms with E-state index in [0.29, 0.717) is 24.7 Å². The van der Waals surface area contributed by atoms with Gasteiger partial charge in [-0.2, -0.15) is 0 Å². The topological polar surface area (TPSA) is 95.4 Å². The molecular formula is C8H11N7. The zero-order chi connectivity index (χ0) is 10.5. The first-order valence-corrected chi connectivity index (χ1v) is 4.65. The largest absolute Gasteiger partial charge is 0.330 e. The number of tetrazole rings is 1. The van der Waals surface area contributed by atoms with Crippen LogP contribution >= 0.6 is 0 Å². The normalized spacial score (nSPS) is 10.5. The predicted molar refractivity (Wildman–Crippen MR) is 52.5 cm³/mol. The molecular weight excluding hydrogens is 194 g/mol. The van der Waals surface area contributed by atoms with Crippen LogP contribution in [0.25, 0.3) is 11.6 Å². The fourth-order valence-corrected chi connectivity index (χ4v) is 1.17. The van der Waals surface area contributed by atoms with Crippen LogP contribution in [0.4, 0.5) is 0 Å². The lowest BCUT2D eigenvalue weighted by atomic mass is 10.4. The Labute approximate surface area is 86.3 Å². The van der Waals surface area contributed by atoms with Crippen LogP contribution in [-0.4, -0.2) is 36.7 Å². The van der Waals surface area contributed by atoms with Crippen molar-refractivity contribution in [2.45, 2.75) is 13.0 Å². The predicted octanol–water partition coefficient (Wildman–Crippen LogP) is -0.521. The minimum atomic E-state index is 0.527. The molecule has 0 spiro atoms. The lowest BCUT2D eigenvalue weighted by Gasteiger charge is -2.01. The van der Waals surface area contributed by atoms with Gasteiger partial charge in [0.25, 0.3) is 0 Å². The van der Waals surface area contributed by atoms with Gasteiger partial charge in [-0.3, -0.25) is 0 Å². The number of aromatic nitrogens is 6. The van der Waals surface area contributed by atoms with Gasteiger partial charge in [0.2, 0.25) is 5.82 Å². The minimum absolute atomic E-state index is 0.527. The van der Waals surface area contributed by atoms with E-state index in [1.807, 2.05) is 0 Å². The van der Waals surface area contributed by atoms with Crippen molar-refractivity contribution in [3.05, 3.63) is 18.5 Å². The minimum Gasteiger partial charge on any atom is -0.330 e. The van der Waals surface area contributed by atoms with Gasteiger partial charge >= 0.3 is 0 Å². The van der Waals surface area contributed by atoms with Crippen molar-refractivity contribution in [1.82, 2.24) is 30.2 Å². The average Bonchev–Trinajstić information content (AvgIpc) is 2.75. The molecule has 2 N–H and O–H groups in total. The van der Waals surface area contributed by atoms with Crippen LogP contribution in [0.5, 0.6) is 0 Å². The Morgan fingerprint density at radius 3 is 2.80 bits per heavy atom. The van der Waals surface area contributed by atoms with E-state index >= 15 is 0 Å². The van der Waals surface area contributed by atoms with Gasteiger partial charge in [0.15, 0.2) is 5.82 Å². The SMILES string of the molecule is NCCCn1nnnc1-c1ncccn1. The summed E-state index contributed by atoms with van der Waals surface area (Å²) in [6.07, 6.45) is 4.14. The lowest BCUT2D eigenvalue weighted by Crippen LogP contribution is -2.09. The fourth-order valence-electron chi connectivity index (χ4n) is 1.17. The second-order valence-electron chi connectivity index (χ2n) is 2.94. The van der Waals surface area contributed by atoms with Crippen LogP contribution in [0.15, 0.2) is 18.5 Å². The van der Waals surface area contributed by atoms with Gasteiger partial charge in [-0.25, -0.2) is 14.6 Å². The molecule has 2 heterocycles. The summed E-state index contributed by atoms with van der Waals surface area (Å²) in [7, 11) is 0. The molecule has 0 saturated heterocycles. The molecule has 0 aromatic carbocycles. The van der Waals surface area contributed by atoms with Gasteiger partial charge in [0.05, 0.1) is 0 Å². The molecule has 2 aromatic heterocycles. The molecule has 0 saturated carbocycles. The van der Waals surface area contributed by atoms with Gasteiger partial charge in [-0.15, -0.1) is 5.10 Å². The Morgan fingerprint density at radius 2 is 2.07 bits per heavy atom. The maximum atomic E-state index is 5.42. The van der Waals surface area contributed by atoms with Crippen molar-refractivity contribution in [3.8, 4) is 11.6 Å². The van der Waals surface area contributed by atoms with E-state index in [0.717, 1.165) is 6.42 Å². The molecule has 78 valence electrons. The molecule has 15 heavy (non-hydrogen) atoms. The summed E-state index contributed by atoms with van der Waals surface area (Å²) in [6, 6.07) is 1.75. The molecule has 0 unspecified atom stereocenters. The second-order valence-corrected chi connectivity index (χ2v) is 2.94. The molecule has 7 heteroatoms. The molecule has 0 aliphatic rings. The smallest absolute Gasteiger partial charge is 0.219 e. The van der Waals surface area contributed by atoms with Gasteiger partial charge in [-0.1, -0.05) is 0 Å². The van der Waals surface area contributed by atoms with Crippen molar-refractivity contribution < 1.29 is 0 Å². The Hall–Kier alpha value is -1.89. The Balaban J connectivity index is 2.25. The fraction of sp³-hybridized carbons (Fsp3) is 0.375. The van der Waals surface area contributed by atoms with Crippen LogP contribution in [0.3, 0.4) is 0 Å². The van der Waals surface area contributed by atoms with Crippen LogP contribution in [0.1, 0.15) is 6.42 Å². The summed E-state index contributed by atoms with van der Waals surface area (Å²) >= 11 is 0. The van der Waals surface area contributed by atoms with Crippen LogP contribution < -0.4 is 5.73 Å². The van der Waals surface area contributed by atoms with E-state index in [2.05, 4.69) is 25.5 Å². The highest BCUT2D eigenvalue weighted by molar-refractivity contribution is 5.40. The van der Waals surface area contributed by atoms with Gasteiger partial charge in [0, 0.05) is 18.9 Å². The molecule has 0 amide bonds. The van der Waals surface area contributed by atoms with Crippen molar-refractivity contribution in [3.63, 3.8) is 0 Å². The number of rotatable bonds is 4. The van der Waals surface area contributed by atoms with E-state index in [1.54, 1.807) is 23.1 Å². The Kier molecular flexibility index (Phi) is 2.93. The highest BCUT2D eigenvalue weighted by atomic mass is 15.5. The van der Waals surface area contributed by atoms with E-state index in [-0.39, 0.29) is 0 Å². The number of nitrogens with two attached hydrogens (primary N) is 1. The quantitative estimate of drug-likeness (QED) is 0.721. The molecule has 0 fully saturated rings. The summed E-state index contributed by atoms with van der Waals surface area (Å²) < 4.78 is 1.65. The zero-order valence-electron chi connectivity index (χ0n) is 8.11. The molecule has 0 radical (unpaired) electrons. The molecule has 2 aromatic rings. The first-order chi connectivity index (χ1) is 7.42. The molecule has 2 rings (SSSR count). The highest BCUT2D eigenvalue weighted by Gasteiger charge is 2.09. The van der Waals surface area contributed by atoms with E-state index < -0.39 is 0 Å². The maximum Gasteiger partial charge on any atom is 0.219 e. The van der Waals surface area contributed by atoms with Crippen LogP contribution in [0, 0.1) is 0 Å². The summed E-state index contributed by atoms with van der Waals surface area (Å²) in [5.74, 6) is 1.10. The van der Waals surface area contributed by atoms with E-state index in [4.69, 9.17) is 5.73 Å². The number of aryl methyl sites for hydroxylation is 1. The number of hydrogen-bond donors (Lipinski definition) is 1. The first kappa shape index (κ1) is 9.66. The third-order valence-corrected chi connectivity index (χ3v) is 1.87. The Bertz CT molecular complexity index is 410. The molecule has 0 aliphatic heterocycles. The summed E-state index contributed by atoms with van der Waals surface area (Å²) in [6.45, 7) is 1.28. The van der Waals surface area contributed by atoms with Gasteiger partial charge < -0.3 is 5.73 Å². The summed E-state index contributed by atoms with van der Waals surface area (Å²) in [5.41, 5.74) is 5.42. The van der Waals surface area contributed by atoms with Crippen molar-refractivity contribution in [2.75, 3.05) is 6.54 Å². The van der Waals surface area contributed by atoms with E-state index in [9.17, 15) is 0 Å². The van der Waals surface area contributed by atoms with Gasteiger partial charge in [-0.05, 0) is 29.5 Å². The molecule has 0 atom stereocenters. The van der Waals surface area contributed by atoms with Crippen molar-refractivity contribution in [1.29, 1.82) is 0 Å². The van der Waals surface area contributed by atoms with Crippen LogP contribution in [0.2, 0.25) is 0 Å².